The number of carbonyl (C=O) groups excluding carboxylic acids is 1. The highest BCUT2D eigenvalue weighted by Crippen LogP contribution is 2.20. The normalized spacial score (nSPS) is 16.4. The molecule has 0 aliphatic carbocycles. The lowest BCUT2D eigenvalue weighted by molar-refractivity contribution is -0.125. The van der Waals surface area contributed by atoms with Gasteiger partial charge in [0.25, 0.3) is 5.91 Å². The van der Waals surface area contributed by atoms with Gasteiger partial charge in [-0.3, -0.25) is 4.79 Å². The van der Waals surface area contributed by atoms with Crippen molar-refractivity contribution in [1.82, 2.24) is 4.98 Å². The topological polar surface area (TPSA) is 72.8 Å². The fourth-order valence-corrected chi connectivity index (χ4v) is 2.28. The van der Waals surface area contributed by atoms with Crippen LogP contribution in [0.5, 0.6) is 5.75 Å². The average molecular weight is 311 g/mol. The SMILES string of the molecule is COc1ccc(C2=NO[C@@H](C(=O)Nc3cc(C)ccn3)C2)cc1. The van der Waals surface area contributed by atoms with Crippen molar-refractivity contribution in [2.75, 3.05) is 12.4 Å². The van der Waals surface area contributed by atoms with E-state index in [1.54, 1.807) is 19.4 Å². The van der Waals surface area contributed by atoms with Crippen LogP contribution in [0, 0.1) is 6.92 Å². The molecule has 3 rings (SSSR count). The van der Waals surface area contributed by atoms with Crippen LogP contribution in [0.2, 0.25) is 0 Å². The second kappa shape index (κ2) is 6.48. The third-order valence-corrected chi connectivity index (χ3v) is 3.55. The van der Waals surface area contributed by atoms with Crippen molar-refractivity contribution in [2.24, 2.45) is 5.16 Å². The van der Waals surface area contributed by atoms with Crippen molar-refractivity contribution in [3.63, 3.8) is 0 Å². The van der Waals surface area contributed by atoms with Gasteiger partial charge in [-0.25, -0.2) is 4.98 Å². The molecule has 1 N–H and O–H groups in total. The van der Waals surface area contributed by atoms with Gasteiger partial charge in [-0.05, 0) is 54.4 Å². The Morgan fingerprint density at radius 2 is 2.09 bits per heavy atom. The van der Waals surface area contributed by atoms with Crippen LogP contribution in [0.4, 0.5) is 5.82 Å². The van der Waals surface area contributed by atoms with Gasteiger partial charge in [0, 0.05) is 12.6 Å². The molecule has 1 aromatic heterocycles. The van der Waals surface area contributed by atoms with E-state index in [0.29, 0.717) is 12.2 Å². The van der Waals surface area contributed by atoms with Crippen LogP contribution < -0.4 is 10.1 Å². The fraction of sp³-hybridized carbons (Fsp3) is 0.235. The van der Waals surface area contributed by atoms with E-state index < -0.39 is 6.10 Å². The molecule has 118 valence electrons. The van der Waals surface area contributed by atoms with Gasteiger partial charge in [-0.15, -0.1) is 0 Å². The fourth-order valence-electron chi connectivity index (χ4n) is 2.28. The largest absolute Gasteiger partial charge is 0.497 e. The van der Waals surface area contributed by atoms with Crippen molar-refractivity contribution in [1.29, 1.82) is 0 Å². The minimum absolute atomic E-state index is 0.254. The Morgan fingerprint density at radius 1 is 1.30 bits per heavy atom. The maximum absolute atomic E-state index is 12.2. The first-order chi connectivity index (χ1) is 11.2. The van der Waals surface area contributed by atoms with Gasteiger partial charge in [0.05, 0.1) is 12.8 Å². The lowest BCUT2D eigenvalue weighted by Crippen LogP contribution is -2.28. The van der Waals surface area contributed by atoms with Gasteiger partial charge >= 0.3 is 0 Å². The number of carbonyl (C=O) groups is 1. The molecule has 1 amide bonds. The summed E-state index contributed by atoms with van der Waals surface area (Å²) in [5.41, 5.74) is 2.68. The molecule has 23 heavy (non-hydrogen) atoms. The molecule has 0 spiro atoms. The predicted octanol–water partition coefficient (Wildman–Crippen LogP) is 2.53. The van der Waals surface area contributed by atoms with Crippen LogP contribution in [0.1, 0.15) is 17.5 Å². The molecule has 0 bridgehead atoms. The van der Waals surface area contributed by atoms with E-state index in [9.17, 15) is 4.79 Å². The van der Waals surface area contributed by atoms with Crippen molar-refractivity contribution >= 4 is 17.4 Å². The number of benzene rings is 1. The number of pyridine rings is 1. The van der Waals surface area contributed by atoms with Crippen LogP contribution in [0.25, 0.3) is 0 Å². The third-order valence-electron chi connectivity index (χ3n) is 3.55. The first kappa shape index (κ1) is 15.0. The molecule has 0 unspecified atom stereocenters. The number of nitrogens with one attached hydrogen (secondary N) is 1. The van der Waals surface area contributed by atoms with Gasteiger partial charge in [-0.1, -0.05) is 5.16 Å². The number of aromatic nitrogens is 1. The molecule has 0 saturated heterocycles. The van der Waals surface area contributed by atoms with Crippen LogP contribution in [-0.2, 0) is 9.63 Å². The Morgan fingerprint density at radius 3 is 2.78 bits per heavy atom. The number of rotatable bonds is 4. The number of aryl methyl sites for hydroxylation is 1. The Kier molecular flexibility index (Phi) is 4.23. The minimum atomic E-state index is -0.644. The van der Waals surface area contributed by atoms with Crippen LogP contribution in [0.3, 0.4) is 0 Å². The zero-order valence-electron chi connectivity index (χ0n) is 12.9. The second-order valence-corrected chi connectivity index (χ2v) is 5.27. The highest BCUT2D eigenvalue weighted by molar-refractivity contribution is 6.06. The minimum Gasteiger partial charge on any atom is -0.497 e. The molecule has 2 heterocycles. The number of hydrogen-bond donors (Lipinski definition) is 1. The number of anilines is 1. The molecule has 6 nitrogen and oxygen atoms in total. The smallest absolute Gasteiger partial charge is 0.269 e. The predicted molar refractivity (Wildman–Crippen MR) is 86.6 cm³/mol. The first-order valence-electron chi connectivity index (χ1n) is 7.26. The monoisotopic (exact) mass is 311 g/mol. The summed E-state index contributed by atoms with van der Waals surface area (Å²) in [5, 5.41) is 6.76. The summed E-state index contributed by atoms with van der Waals surface area (Å²) < 4.78 is 5.13. The Labute approximate surface area is 134 Å². The summed E-state index contributed by atoms with van der Waals surface area (Å²) in [6.45, 7) is 1.94. The molecule has 1 aliphatic heterocycles. The summed E-state index contributed by atoms with van der Waals surface area (Å²) in [7, 11) is 1.62. The average Bonchev–Trinajstić information content (AvgIpc) is 3.05. The number of oxime groups is 1. The van der Waals surface area contributed by atoms with Crippen molar-refractivity contribution < 1.29 is 14.4 Å². The molecule has 6 heteroatoms. The molecular formula is C17H17N3O3. The number of amides is 1. The van der Waals surface area contributed by atoms with E-state index >= 15 is 0 Å². The maximum Gasteiger partial charge on any atom is 0.269 e. The molecular weight excluding hydrogens is 294 g/mol. The van der Waals surface area contributed by atoms with E-state index in [1.807, 2.05) is 37.3 Å². The summed E-state index contributed by atoms with van der Waals surface area (Å²) in [6.07, 6.45) is 1.43. The summed E-state index contributed by atoms with van der Waals surface area (Å²) >= 11 is 0. The number of methoxy groups -OCH3 is 1. The highest BCUT2D eigenvalue weighted by atomic mass is 16.6. The Balaban J connectivity index is 1.62. The van der Waals surface area contributed by atoms with Crippen LogP contribution in [-0.4, -0.2) is 29.8 Å². The summed E-state index contributed by atoms with van der Waals surface area (Å²) in [4.78, 5) is 21.6. The van der Waals surface area contributed by atoms with E-state index in [2.05, 4.69) is 15.5 Å². The van der Waals surface area contributed by atoms with Crippen molar-refractivity contribution in [3.05, 3.63) is 53.7 Å². The third kappa shape index (κ3) is 3.48. The van der Waals surface area contributed by atoms with E-state index in [0.717, 1.165) is 22.6 Å². The standard InChI is InChI=1S/C17H17N3O3/c1-11-7-8-18-16(9-11)19-17(21)15-10-14(20-23-15)12-3-5-13(22-2)6-4-12/h3-9,15H,10H2,1-2H3,(H,18,19,21)/t15-/m1/s1. The van der Waals surface area contributed by atoms with E-state index in [1.165, 1.54) is 0 Å². The second-order valence-electron chi connectivity index (χ2n) is 5.27. The van der Waals surface area contributed by atoms with Gasteiger partial charge in [0.1, 0.15) is 11.6 Å². The summed E-state index contributed by atoms with van der Waals surface area (Å²) in [5.74, 6) is 1.03. The number of nitrogens with zero attached hydrogens (tertiary/aromatic N) is 2. The zero-order chi connectivity index (χ0) is 16.2. The molecule has 0 radical (unpaired) electrons. The van der Waals surface area contributed by atoms with Gasteiger partial charge in [-0.2, -0.15) is 0 Å². The lowest BCUT2D eigenvalue weighted by Gasteiger charge is -2.09. The Hall–Kier alpha value is -2.89. The van der Waals surface area contributed by atoms with Crippen LogP contribution >= 0.6 is 0 Å². The van der Waals surface area contributed by atoms with E-state index in [-0.39, 0.29) is 5.91 Å². The molecule has 0 saturated carbocycles. The molecule has 0 fully saturated rings. The van der Waals surface area contributed by atoms with Crippen molar-refractivity contribution in [2.45, 2.75) is 19.4 Å². The van der Waals surface area contributed by atoms with Crippen molar-refractivity contribution in [3.8, 4) is 5.75 Å². The maximum atomic E-state index is 12.2. The van der Waals surface area contributed by atoms with Crippen LogP contribution in [0.15, 0.2) is 47.8 Å². The van der Waals surface area contributed by atoms with Gasteiger partial charge in [0.2, 0.25) is 6.10 Å². The molecule has 1 aromatic carbocycles. The molecule has 1 aliphatic rings. The van der Waals surface area contributed by atoms with Gasteiger partial charge < -0.3 is 14.9 Å². The lowest BCUT2D eigenvalue weighted by atomic mass is 10.0. The molecule has 1 atom stereocenters. The zero-order valence-corrected chi connectivity index (χ0v) is 12.9. The Bertz CT molecular complexity index is 741. The van der Waals surface area contributed by atoms with E-state index in [4.69, 9.17) is 9.57 Å². The van der Waals surface area contributed by atoms with Gasteiger partial charge in [0.15, 0.2) is 0 Å². The molecule has 2 aromatic rings. The summed E-state index contributed by atoms with van der Waals surface area (Å²) in [6, 6.07) is 11.2. The highest BCUT2D eigenvalue weighted by Gasteiger charge is 2.29. The quantitative estimate of drug-likeness (QED) is 0.941. The first-order valence-corrected chi connectivity index (χ1v) is 7.26. The number of ether oxygens (including phenoxy) is 1. The number of hydrogen-bond acceptors (Lipinski definition) is 5.